The van der Waals surface area contributed by atoms with Crippen molar-refractivity contribution in [3.63, 3.8) is 0 Å². The summed E-state index contributed by atoms with van der Waals surface area (Å²) < 4.78 is 37.5. The number of amides is 1. The van der Waals surface area contributed by atoms with Gasteiger partial charge in [0.2, 0.25) is 5.91 Å². The number of anilines is 2. The summed E-state index contributed by atoms with van der Waals surface area (Å²) in [7, 11) is 0. The largest absolute Gasteiger partial charge is 0.405 e. The molecule has 0 heterocycles. The van der Waals surface area contributed by atoms with Crippen LogP contribution >= 0.6 is 0 Å². The molecule has 106 valence electrons. The number of nitrogen functional groups attached to an aromatic ring is 1. The van der Waals surface area contributed by atoms with Crippen LogP contribution < -0.4 is 16.4 Å². The van der Waals surface area contributed by atoms with Gasteiger partial charge >= 0.3 is 6.18 Å². The maximum atomic E-state index is 12.5. The molecular formula is C12H16F3N3O. The molecule has 0 aliphatic heterocycles. The molecule has 0 aliphatic carbocycles. The number of nitrogens with zero attached hydrogens (tertiary/aromatic N) is 1. The van der Waals surface area contributed by atoms with Gasteiger partial charge in [-0.25, -0.2) is 0 Å². The maximum absolute atomic E-state index is 12.5. The Hall–Kier alpha value is -1.92. The summed E-state index contributed by atoms with van der Waals surface area (Å²) in [4.78, 5) is 12.1. The van der Waals surface area contributed by atoms with Crippen LogP contribution in [-0.4, -0.2) is 25.2 Å². The molecule has 0 unspecified atom stereocenters. The molecule has 0 spiro atoms. The normalized spacial score (nSPS) is 11.4. The van der Waals surface area contributed by atoms with E-state index in [-0.39, 0.29) is 23.5 Å². The van der Waals surface area contributed by atoms with Gasteiger partial charge in [-0.2, -0.15) is 13.2 Å². The average molecular weight is 275 g/mol. The van der Waals surface area contributed by atoms with Crippen LogP contribution in [0.3, 0.4) is 0 Å². The Morgan fingerprint density at radius 2 is 2.00 bits per heavy atom. The van der Waals surface area contributed by atoms with Crippen molar-refractivity contribution in [2.75, 3.05) is 23.7 Å². The number of carbonyl (C=O) groups is 1. The average Bonchev–Trinajstić information content (AvgIpc) is 2.26. The number of hydrogen-bond acceptors (Lipinski definition) is 3. The number of rotatable bonds is 5. The first kappa shape index (κ1) is 15.1. The second kappa shape index (κ2) is 5.81. The molecule has 4 N–H and O–H groups in total. The monoisotopic (exact) mass is 275 g/mol. The highest BCUT2D eigenvalue weighted by Crippen LogP contribution is 2.28. The first-order chi connectivity index (χ1) is 8.74. The van der Waals surface area contributed by atoms with E-state index in [4.69, 9.17) is 11.5 Å². The molecule has 0 aliphatic rings. The topological polar surface area (TPSA) is 72.3 Å². The van der Waals surface area contributed by atoms with Crippen molar-refractivity contribution in [1.82, 2.24) is 0 Å². The van der Waals surface area contributed by atoms with Crippen molar-refractivity contribution in [3.05, 3.63) is 23.8 Å². The van der Waals surface area contributed by atoms with E-state index >= 15 is 0 Å². The van der Waals surface area contributed by atoms with Gasteiger partial charge in [0, 0.05) is 12.1 Å². The summed E-state index contributed by atoms with van der Waals surface area (Å²) in [5, 5.41) is 0. The molecule has 1 rings (SSSR count). The third-order valence-electron chi connectivity index (χ3n) is 2.52. The molecule has 1 amide bonds. The summed E-state index contributed by atoms with van der Waals surface area (Å²) in [6.45, 7) is 0.915. The first-order valence-corrected chi connectivity index (χ1v) is 5.75. The summed E-state index contributed by atoms with van der Waals surface area (Å²) in [5.74, 6) is -0.670. The zero-order chi connectivity index (χ0) is 14.6. The number of primary amides is 1. The standard InChI is InChI=1S/C12H16F3N3O/c1-2-5-18(7-12(13,14)15)10-4-3-8(11(17)19)6-9(10)16/h3-4,6H,2,5,7,16H2,1H3,(H2,17,19). The van der Waals surface area contributed by atoms with Gasteiger partial charge in [0.25, 0.3) is 0 Å². The van der Waals surface area contributed by atoms with Crippen molar-refractivity contribution < 1.29 is 18.0 Å². The Labute approximate surface area is 109 Å². The van der Waals surface area contributed by atoms with E-state index in [0.717, 1.165) is 4.90 Å². The Kier molecular flexibility index (Phi) is 4.63. The molecule has 19 heavy (non-hydrogen) atoms. The van der Waals surface area contributed by atoms with Crippen molar-refractivity contribution >= 4 is 17.3 Å². The fourth-order valence-corrected chi connectivity index (χ4v) is 1.77. The highest BCUT2D eigenvalue weighted by molar-refractivity contribution is 5.94. The summed E-state index contributed by atoms with van der Waals surface area (Å²) in [5.41, 5.74) is 11.3. The van der Waals surface area contributed by atoms with E-state index in [2.05, 4.69) is 0 Å². The Morgan fingerprint density at radius 3 is 2.42 bits per heavy atom. The van der Waals surface area contributed by atoms with Crippen LogP contribution in [0.1, 0.15) is 23.7 Å². The van der Waals surface area contributed by atoms with Crippen LogP contribution in [0, 0.1) is 0 Å². The van der Waals surface area contributed by atoms with Gasteiger partial charge in [-0.3, -0.25) is 4.79 Å². The molecule has 0 aromatic heterocycles. The van der Waals surface area contributed by atoms with Crippen LogP contribution in [0.2, 0.25) is 0 Å². The van der Waals surface area contributed by atoms with Crippen molar-refractivity contribution in [2.24, 2.45) is 5.73 Å². The molecule has 4 nitrogen and oxygen atoms in total. The highest BCUT2D eigenvalue weighted by atomic mass is 19.4. The van der Waals surface area contributed by atoms with E-state index in [9.17, 15) is 18.0 Å². The minimum Gasteiger partial charge on any atom is -0.397 e. The van der Waals surface area contributed by atoms with Crippen LogP contribution in [0.15, 0.2) is 18.2 Å². The fraction of sp³-hybridized carbons (Fsp3) is 0.417. The van der Waals surface area contributed by atoms with E-state index in [1.807, 2.05) is 0 Å². The summed E-state index contributed by atoms with van der Waals surface area (Å²) in [6.07, 6.45) is -3.77. The molecular weight excluding hydrogens is 259 g/mol. The fourth-order valence-electron chi connectivity index (χ4n) is 1.77. The quantitative estimate of drug-likeness (QED) is 0.809. The Morgan fingerprint density at radius 1 is 1.37 bits per heavy atom. The smallest absolute Gasteiger partial charge is 0.397 e. The molecule has 1 aromatic carbocycles. The molecule has 0 bridgehead atoms. The van der Waals surface area contributed by atoms with Crippen LogP contribution in [0.5, 0.6) is 0 Å². The number of hydrogen-bond donors (Lipinski definition) is 2. The molecule has 0 saturated heterocycles. The predicted octanol–water partition coefficient (Wildman–Crippen LogP) is 2.15. The molecule has 0 saturated carbocycles. The highest BCUT2D eigenvalue weighted by Gasteiger charge is 2.31. The molecule has 0 radical (unpaired) electrons. The first-order valence-electron chi connectivity index (χ1n) is 5.75. The van der Waals surface area contributed by atoms with Crippen LogP contribution in [0.25, 0.3) is 0 Å². The van der Waals surface area contributed by atoms with Crippen molar-refractivity contribution in [2.45, 2.75) is 19.5 Å². The van der Waals surface area contributed by atoms with Crippen molar-refractivity contribution in [3.8, 4) is 0 Å². The predicted molar refractivity (Wildman–Crippen MR) is 67.9 cm³/mol. The number of carbonyl (C=O) groups excluding carboxylic acids is 1. The Balaban J connectivity index is 3.06. The van der Waals surface area contributed by atoms with E-state index in [1.54, 1.807) is 6.92 Å². The lowest BCUT2D eigenvalue weighted by Gasteiger charge is -2.26. The van der Waals surface area contributed by atoms with Crippen LogP contribution in [0.4, 0.5) is 24.5 Å². The Bertz CT molecular complexity index is 460. The third-order valence-corrected chi connectivity index (χ3v) is 2.52. The molecule has 0 fully saturated rings. The molecule has 7 heteroatoms. The van der Waals surface area contributed by atoms with Crippen molar-refractivity contribution in [1.29, 1.82) is 0 Å². The number of alkyl halides is 3. The van der Waals surface area contributed by atoms with Gasteiger partial charge < -0.3 is 16.4 Å². The number of halogens is 3. The van der Waals surface area contributed by atoms with E-state index in [1.165, 1.54) is 18.2 Å². The van der Waals surface area contributed by atoms with Gasteiger partial charge in [0.05, 0.1) is 11.4 Å². The van der Waals surface area contributed by atoms with Gasteiger partial charge in [-0.1, -0.05) is 6.92 Å². The SMILES string of the molecule is CCCN(CC(F)(F)F)c1ccc(C(N)=O)cc1N. The number of nitrogens with two attached hydrogens (primary N) is 2. The lowest BCUT2D eigenvalue weighted by atomic mass is 10.1. The minimum atomic E-state index is -4.32. The lowest BCUT2D eigenvalue weighted by molar-refractivity contribution is -0.119. The third kappa shape index (κ3) is 4.35. The second-order valence-corrected chi connectivity index (χ2v) is 4.17. The minimum absolute atomic E-state index is 0.106. The summed E-state index contributed by atoms with van der Waals surface area (Å²) in [6, 6.07) is 4.04. The van der Waals surface area contributed by atoms with Gasteiger partial charge in [-0.15, -0.1) is 0 Å². The zero-order valence-electron chi connectivity index (χ0n) is 10.5. The van der Waals surface area contributed by atoms with E-state index < -0.39 is 18.6 Å². The van der Waals surface area contributed by atoms with Crippen LogP contribution in [-0.2, 0) is 0 Å². The van der Waals surface area contributed by atoms with Gasteiger partial charge in [-0.05, 0) is 24.6 Å². The van der Waals surface area contributed by atoms with Gasteiger partial charge in [0.15, 0.2) is 0 Å². The maximum Gasteiger partial charge on any atom is 0.405 e. The zero-order valence-corrected chi connectivity index (χ0v) is 10.5. The summed E-state index contributed by atoms with van der Waals surface area (Å²) >= 11 is 0. The van der Waals surface area contributed by atoms with E-state index in [0.29, 0.717) is 6.42 Å². The molecule has 1 aromatic rings. The number of benzene rings is 1. The lowest BCUT2D eigenvalue weighted by Crippen LogP contribution is -2.35. The second-order valence-electron chi connectivity index (χ2n) is 4.17. The molecule has 0 atom stereocenters. The van der Waals surface area contributed by atoms with Gasteiger partial charge in [0.1, 0.15) is 6.54 Å².